The standard InChI is InChI=1S/C20H16ClN3OS/c21-20-23-18(17-13-5-1-2-10-16(13)26-19(17)24-20)22-14-8-3-7-12-11(14)6-4-9-15(12)25/h3-4,6-9,25H,1-2,5,10H2,(H,22,23,24). The fraction of sp³-hybridized carbons (Fsp3) is 0.200. The summed E-state index contributed by atoms with van der Waals surface area (Å²) < 4.78 is 0. The second-order valence-electron chi connectivity index (χ2n) is 6.54. The topological polar surface area (TPSA) is 58.0 Å². The van der Waals surface area contributed by atoms with Crippen LogP contribution in [0.5, 0.6) is 5.75 Å². The Balaban J connectivity index is 1.71. The number of aryl methyl sites for hydroxylation is 2. The van der Waals surface area contributed by atoms with Gasteiger partial charge >= 0.3 is 0 Å². The molecule has 0 radical (unpaired) electrons. The largest absolute Gasteiger partial charge is 0.507 e. The second-order valence-corrected chi connectivity index (χ2v) is 7.96. The van der Waals surface area contributed by atoms with E-state index in [-0.39, 0.29) is 11.0 Å². The first kappa shape index (κ1) is 15.9. The molecule has 6 heteroatoms. The van der Waals surface area contributed by atoms with Crippen LogP contribution in [-0.2, 0) is 12.8 Å². The van der Waals surface area contributed by atoms with E-state index < -0.39 is 0 Å². The Kier molecular flexibility index (Phi) is 3.72. The molecule has 2 aromatic heterocycles. The quantitative estimate of drug-likeness (QED) is 0.429. The van der Waals surface area contributed by atoms with Crippen LogP contribution in [-0.4, -0.2) is 15.1 Å². The van der Waals surface area contributed by atoms with Gasteiger partial charge in [0.25, 0.3) is 0 Å². The lowest BCUT2D eigenvalue weighted by atomic mass is 9.97. The van der Waals surface area contributed by atoms with Gasteiger partial charge < -0.3 is 10.4 Å². The molecule has 2 heterocycles. The van der Waals surface area contributed by atoms with Crippen molar-refractivity contribution in [3.8, 4) is 5.75 Å². The summed E-state index contributed by atoms with van der Waals surface area (Å²) in [4.78, 5) is 11.3. The summed E-state index contributed by atoms with van der Waals surface area (Å²) in [6.45, 7) is 0. The molecule has 0 fully saturated rings. The molecule has 0 atom stereocenters. The molecule has 5 rings (SSSR count). The van der Waals surface area contributed by atoms with E-state index in [2.05, 4.69) is 15.3 Å². The van der Waals surface area contributed by atoms with E-state index in [0.29, 0.717) is 0 Å². The summed E-state index contributed by atoms with van der Waals surface area (Å²) in [6.07, 6.45) is 4.59. The molecular weight excluding hydrogens is 366 g/mol. The van der Waals surface area contributed by atoms with Crippen LogP contribution in [0.3, 0.4) is 0 Å². The van der Waals surface area contributed by atoms with Crippen LogP contribution in [0.15, 0.2) is 36.4 Å². The van der Waals surface area contributed by atoms with Crippen molar-refractivity contribution in [1.82, 2.24) is 9.97 Å². The van der Waals surface area contributed by atoms with Crippen LogP contribution in [0.4, 0.5) is 11.5 Å². The van der Waals surface area contributed by atoms with E-state index >= 15 is 0 Å². The predicted molar refractivity (Wildman–Crippen MR) is 108 cm³/mol. The lowest BCUT2D eigenvalue weighted by molar-refractivity contribution is 0.481. The van der Waals surface area contributed by atoms with Gasteiger partial charge in [-0.15, -0.1) is 11.3 Å². The molecule has 4 aromatic rings. The van der Waals surface area contributed by atoms with Gasteiger partial charge in [0.2, 0.25) is 5.28 Å². The molecule has 0 saturated heterocycles. The Labute approximate surface area is 159 Å². The summed E-state index contributed by atoms with van der Waals surface area (Å²) in [6, 6.07) is 11.3. The lowest BCUT2D eigenvalue weighted by Crippen LogP contribution is -2.01. The number of hydrogen-bond donors (Lipinski definition) is 2. The monoisotopic (exact) mass is 381 g/mol. The Hall–Kier alpha value is -2.37. The Bertz CT molecular complexity index is 1150. The first-order valence-electron chi connectivity index (χ1n) is 8.66. The number of nitrogens with zero attached hydrogens (tertiary/aromatic N) is 2. The van der Waals surface area contributed by atoms with E-state index in [0.717, 1.165) is 45.3 Å². The molecule has 1 aliphatic carbocycles. The highest BCUT2D eigenvalue weighted by Crippen LogP contribution is 2.40. The number of phenolic OH excluding ortho intramolecular Hbond substituents is 1. The number of hydrogen-bond acceptors (Lipinski definition) is 5. The minimum atomic E-state index is 0.252. The van der Waals surface area contributed by atoms with Gasteiger partial charge in [-0.05, 0) is 55.0 Å². The van der Waals surface area contributed by atoms with Crippen LogP contribution in [0, 0.1) is 0 Å². The van der Waals surface area contributed by atoms with Crippen molar-refractivity contribution in [3.63, 3.8) is 0 Å². The Morgan fingerprint density at radius 3 is 2.73 bits per heavy atom. The molecule has 0 saturated carbocycles. The van der Waals surface area contributed by atoms with Crippen LogP contribution >= 0.6 is 22.9 Å². The van der Waals surface area contributed by atoms with Crippen molar-refractivity contribution in [1.29, 1.82) is 0 Å². The maximum atomic E-state index is 10.1. The van der Waals surface area contributed by atoms with Gasteiger partial charge in [0, 0.05) is 21.3 Å². The van der Waals surface area contributed by atoms with E-state index in [1.807, 2.05) is 30.3 Å². The average molecular weight is 382 g/mol. The summed E-state index contributed by atoms with van der Waals surface area (Å²) in [5.41, 5.74) is 2.25. The number of rotatable bonds is 2. The predicted octanol–water partition coefficient (Wildman–Crippen LogP) is 5.83. The number of halogens is 1. The molecule has 1 aliphatic rings. The third kappa shape index (κ3) is 2.50. The molecule has 130 valence electrons. The van der Waals surface area contributed by atoms with Crippen molar-refractivity contribution in [2.45, 2.75) is 25.7 Å². The van der Waals surface area contributed by atoms with Crippen molar-refractivity contribution in [2.75, 3.05) is 5.32 Å². The highest BCUT2D eigenvalue weighted by molar-refractivity contribution is 7.19. The first-order valence-corrected chi connectivity index (χ1v) is 9.85. The summed E-state index contributed by atoms with van der Waals surface area (Å²) >= 11 is 7.93. The fourth-order valence-corrected chi connectivity index (χ4v) is 5.23. The van der Waals surface area contributed by atoms with Crippen LogP contribution in [0.1, 0.15) is 23.3 Å². The molecule has 0 unspecified atom stereocenters. The van der Waals surface area contributed by atoms with E-state index in [4.69, 9.17) is 11.6 Å². The smallest absolute Gasteiger partial charge is 0.225 e. The molecule has 2 aromatic carbocycles. The molecule has 26 heavy (non-hydrogen) atoms. The van der Waals surface area contributed by atoms with Gasteiger partial charge in [0.15, 0.2) is 0 Å². The van der Waals surface area contributed by atoms with Gasteiger partial charge in [0.1, 0.15) is 16.4 Å². The Morgan fingerprint density at radius 2 is 1.81 bits per heavy atom. The molecule has 0 amide bonds. The highest BCUT2D eigenvalue weighted by Gasteiger charge is 2.21. The zero-order valence-corrected chi connectivity index (χ0v) is 15.5. The van der Waals surface area contributed by atoms with Gasteiger partial charge in [-0.1, -0.05) is 24.3 Å². The molecular formula is C20H16ClN3OS. The number of benzene rings is 2. The number of fused-ring (bicyclic) bond motifs is 4. The first-order chi connectivity index (χ1) is 12.7. The number of phenols is 1. The number of thiophene rings is 1. The van der Waals surface area contributed by atoms with Crippen LogP contribution in [0.2, 0.25) is 5.28 Å². The molecule has 0 bridgehead atoms. The zero-order valence-electron chi connectivity index (χ0n) is 13.9. The van der Waals surface area contributed by atoms with Gasteiger partial charge in [-0.25, -0.2) is 4.98 Å². The van der Waals surface area contributed by atoms with Crippen molar-refractivity contribution in [2.24, 2.45) is 0 Å². The van der Waals surface area contributed by atoms with E-state index in [9.17, 15) is 5.11 Å². The van der Waals surface area contributed by atoms with Gasteiger partial charge in [-0.2, -0.15) is 4.98 Å². The third-order valence-corrected chi connectivity index (χ3v) is 6.29. The molecule has 2 N–H and O–H groups in total. The molecule has 0 spiro atoms. The van der Waals surface area contributed by atoms with Gasteiger partial charge in [-0.3, -0.25) is 0 Å². The van der Waals surface area contributed by atoms with Crippen molar-refractivity contribution >= 4 is 55.4 Å². The lowest BCUT2D eigenvalue weighted by Gasteiger charge is -2.14. The fourth-order valence-electron chi connectivity index (χ4n) is 3.75. The summed E-state index contributed by atoms with van der Waals surface area (Å²) in [5.74, 6) is 1.01. The highest BCUT2D eigenvalue weighted by atomic mass is 35.5. The van der Waals surface area contributed by atoms with Crippen LogP contribution in [0.25, 0.3) is 21.0 Å². The number of anilines is 2. The van der Waals surface area contributed by atoms with Crippen LogP contribution < -0.4 is 5.32 Å². The number of nitrogens with one attached hydrogen (secondary N) is 1. The average Bonchev–Trinajstić information content (AvgIpc) is 3.00. The SMILES string of the molecule is Oc1cccc2c(Nc3nc(Cl)nc4sc5c(c34)CCCC5)cccc12. The minimum Gasteiger partial charge on any atom is -0.507 e. The minimum absolute atomic E-state index is 0.252. The van der Waals surface area contributed by atoms with E-state index in [1.165, 1.54) is 23.3 Å². The van der Waals surface area contributed by atoms with Gasteiger partial charge in [0.05, 0.1) is 5.39 Å². The summed E-state index contributed by atoms with van der Waals surface area (Å²) in [7, 11) is 0. The maximum Gasteiger partial charge on any atom is 0.225 e. The van der Waals surface area contributed by atoms with Crippen molar-refractivity contribution < 1.29 is 5.11 Å². The third-order valence-electron chi connectivity index (χ3n) is 4.94. The maximum absolute atomic E-state index is 10.1. The number of aromatic nitrogens is 2. The number of aromatic hydroxyl groups is 1. The second kappa shape index (κ2) is 6.11. The van der Waals surface area contributed by atoms with E-state index in [1.54, 1.807) is 17.4 Å². The summed E-state index contributed by atoms with van der Waals surface area (Å²) in [5, 5.41) is 16.7. The zero-order chi connectivity index (χ0) is 17.7. The molecule has 0 aliphatic heterocycles. The normalized spacial score (nSPS) is 13.9. The van der Waals surface area contributed by atoms with Crippen molar-refractivity contribution in [3.05, 3.63) is 52.1 Å². The Morgan fingerprint density at radius 1 is 1.00 bits per heavy atom. The molecule has 4 nitrogen and oxygen atoms in total.